The summed E-state index contributed by atoms with van der Waals surface area (Å²) in [5.41, 5.74) is 0.923. The quantitative estimate of drug-likeness (QED) is 0.845. The maximum absolute atomic E-state index is 12.5. The molecule has 0 radical (unpaired) electrons. The molecule has 0 saturated carbocycles. The molecule has 1 aromatic heterocycles. The van der Waals surface area contributed by atoms with E-state index >= 15 is 0 Å². The first-order valence-corrected chi connectivity index (χ1v) is 9.90. The molecule has 0 bridgehead atoms. The number of carbonyl (C=O) groups is 1. The number of carbonyl (C=O) groups excluding carboxylic acids is 1. The molecule has 3 saturated heterocycles. The van der Waals surface area contributed by atoms with E-state index in [2.05, 4.69) is 25.3 Å². The number of anilines is 1. The molecule has 7 heteroatoms. The van der Waals surface area contributed by atoms with Gasteiger partial charge in [0.1, 0.15) is 6.10 Å². The highest BCUT2D eigenvalue weighted by atomic mass is 16.5. The number of nitrogens with one attached hydrogen (secondary N) is 1. The van der Waals surface area contributed by atoms with Gasteiger partial charge in [0.15, 0.2) is 5.82 Å². The summed E-state index contributed by atoms with van der Waals surface area (Å²) in [6.07, 6.45) is 4.26. The van der Waals surface area contributed by atoms with Crippen molar-refractivity contribution in [2.24, 2.45) is 5.92 Å². The van der Waals surface area contributed by atoms with Gasteiger partial charge >= 0.3 is 0 Å². The summed E-state index contributed by atoms with van der Waals surface area (Å²) in [5.74, 6) is 1.43. The molecule has 3 aliphatic heterocycles. The van der Waals surface area contributed by atoms with E-state index in [0.717, 1.165) is 63.6 Å². The van der Waals surface area contributed by atoms with Crippen LogP contribution in [0.2, 0.25) is 0 Å². The van der Waals surface area contributed by atoms with Crippen molar-refractivity contribution in [1.82, 2.24) is 20.4 Å². The third-order valence-corrected chi connectivity index (χ3v) is 5.88. The SMILES string of the molecule is Cc1ccc(N2CC[C@H]3C[C@H](C(=O)NCCN4CCCC4)O[C@H]3C2)nn1. The van der Waals surface area contributed by atoms with E-state index in [1.165, 1.54) is 12.8 Å². The minimum atomic E-state index is -0.298. The summed E-state index contributed by atoms with van der Waals surface area (Å²) >= 11 is 0. The van der Waals surface area contributed by atoms with Gasteiger partial charge in [-0.2, -0.15) is 5.10 Å². The van der Waals surface area contributed by atoms with Crippen LogP contribution >= 0.6 is 0 Å². The van der Waals surface area contributed by atoms with Crippen LogP contribution in [0.4, 0.5) is 5.82 Å². The molecule has 1 amide bonds. The number of aryl methyl sites for hydroxylation is 1. The second-order valence-corrected chi connectivity index (χ2v) is 7.77. The lowest BCUT2D eigenvalue weighted by molar-refractivity contribution is -0.132. The number of rotatable bonds is 5. The lowest BCUT2D eigenvalue weighted by atomic mass is 9.91. The fourth-order valence-electron chi connectivity index (χ4n) is 4.33. The van der Waals surface area contributed by atoms with Gasteiger partial charge in [0, 0.05) is 26.2 Å². The number of nitrogens with zero attached hydrogens (tertiary/aromatic N) is 4. The van der Waals surface area contributed by atoms with Crippen LogP contribution in [0.3, 0.4) is 0 Å². The first kappa shape index (κ1) is 17.7. The number of ether oxygens (including phenoxy) is 1. The van der Waals surface area contributed by atoms with Crippen LogP contribution in [0.25, 0.3) is 0 Å². The van der Waals surface area contributed by atoms with Crippen molar-refractivity contribution in [2.75, 3.05) is 44.2 Å². The molecular weight excluding hydrogens is 330 g/mol. The van der Waals surface area contributed by atoms with Crippen LogP contribution in [-0.4, -0.2) is 72.5 Å². The summed E-state index contributed by atoms with van der Waals surface area (Å²) in [5, 5.41) is 11.5. The zero-order chi connectivity index (χ0) is 17.9. The second-order valence-electron chi connectivity index (χ2n) is 7.77. The normalized spacial score (nSPS) is 29.0. The van der Waals surface area contributed by atoms with E-state index < -0.39 is 0 Å². The van der Waals surface area contributed by atoms with Crippen molar-refractivity contribution in [2.45, 2.75) is 44.8 Å². The van der Waals surface area contributed by atoms with E-state index in [1.807, 2.05) is 19.1 Å². The summed E-state index contributed by atoms with van der Waals surface area (Å²) in [7, 11) is 0. The summed E-state index contributed by atoms with van der Waals surface area (Å²) < 4.78 is 6.11. The fraction of sp³-hybridized carbons (Fsp3) is 0.737. The number of likely N-dealkylation sites (tertiary alicyclic amines) is 1. The Morgan fingerprint density at radius 2 is 2.12 bits per heavy atom. The summed E-state index contributed by atoms with van der Waals surface area (Å²) in [6.45, 7) is 7.68. The topological polar surface area (TPSA) is 70.6 Å². The van der Waals surface area contributed by atoms with Gasteiger partial charge in [0.2, 0.25) is 5.91 Å². The van der Waals surface area contributed by atoms with Crippen LogP contribution in [0.15, 0.2) is 12.1 Å². The average molecular weight is 359 g/mol. The van der Waals surface area contributed by atoms with Gasteiger partial charge in [-0.15, -0.1) is 5.10 Å². The van der Waals surface area contributed by atoms with Crippen LogP contribution in [0.5, 0.6) is 0 Å². The number of hydrogen-bond donors (Lipinski definition) is 1. The molecule has 1 aromatic rings. The molecule has 3 atom stereocenters. The second kappa shape index (κ2) is 7.88. The Morgan fingerprint density at radius 1 is 1.27 bits per heavy atom. The molecule has 142 valence electrons. The van der Waals surface area contributed by atoms with Gasteiger partial charge in [0.05, 0.1) is 11.8 Å². The van der Waals surface area contributed by atoms with E-state index in [-0.39, 0.29) is 18.1 Å². The summed E-state index contributed by atoms with van der Waals surface area (Å²) in [4.78, 5) is 17.1. The largest absolute Gasteiger partial charge is 0.363 e. The van der Waals surface area contributed by atoms with Crippen molar-refractivity contribution >= 4 is 11.7 Å². The molecule has 7 nitrogen and oxygen atoms in total. The maximum Gasteiger partial charge on any atom is 0.249 e. The lowest BCUT2D eigenvalue weighted by Gasteiger charge is -2.34. The predicted octanol–water partition coefficient (Wildman–Crippen LogP) is 0.981. The molecule has 1 N–H and O–H groups in total. The Hall–Kier alpha value is -1.73. The minimum absolute atomic E-state index is 0.0558. The van der Waals surface area contributed by atoms with Crippen LogP contribution in [-0.2, 0) is 9.53 Å². The van der Waals surface area contributed by atoms with Crippen LogP contribution in [0, 0.1) is 12.8 Å². The van der Waals surface area contributed by atoms with Crippen LogP contribution < -0.4 is 10.2 Å². The zero-order valence-electron chi connectivity index (χ0n) is 15.6. The van der Waals surface area contributed by atoms with Gasteiger partial charge in [-0.3, -0.25) is 4.79 Å². The molecule has 0 spiro atoms. The molecule has 3 fully saturated rings. The standard InChI is InChI=1S/C19H29N5O2/c1-14-4-5-18(22-21-14)24-10-6-15-12-16(26-17(15)13-24)19(25)20-7-11-23-8-2-3-9-23/h4-5,15-17H,2-3,6-13H2,1H3,(H,20,25)/t15-,16+,17-/m0/s1. The third-order valence-electron chi connectivity index (χ3n) is 5.88. The van der Waals surface area contributed by atoms with E-state index in [9.17, 15) is 4.79 Å². The molecular formula is C19H29N5O2. The monoisotopic (exact) mass is 359 g/mol. The van der Waals surface area contributed by atoms with Crippen molar-refractivity contribution < 1.29 is 9.53 Å². The van der Waals surface area contributed by atoms with Crippen molar-refractivity contribution in [3.8, 4) is 0 Å². The average Bonchev–Trinajstić information content (AvgIpc) is 3.31. The highest BCUT2D eigenvalue weighted by molar-refractivity contribution is 5.81. The third kappa shape index (κ3) is 3.99. The predicted molar refractivity (Wildman–Crippen MR) is 99.1 cm³/mol. The van der Waals surface area contributed by atoms with E-state index in [4.69, 9.17) is 4.74 Å². The number of piperidine rings is 1. The molecule has 3 aliphatic rings. The van der Waals surface area contributed by atoms with Gasteiger partial charge in [-0.25, -0.2) is 0 Å². The number of hydrogen-bond acceptors (Lipinski definition) is 6. The van der Waals surface area contributed by atoms with Gasteiger partial charge in [-0.1, -0.05) is 0 Å². The lowest BCUT2D eigenvalue weighted by Crippen LogP contribution is -2.43. The van der Waals surface area contributed by atoms with Crippen molar-refractivity contribution in [1.29, 1.82) is 0 Å². The number of amides is 1. The summed E-state index contributed by atoms with van der Waals surface area (Å²) in [6, 6.07) is 4.00. The Balaban J connectivity index is 1.26. The minimum Gasteiger partial charge on any atom is -0.363 e. The number of fused-ring (bicyclic) bond motifs is 1. The van der Waals surface area contributed by atoms with Gasteiger partial charge in [-0.05, 0) is 63.7 Å². The Kier molecular flexibility index (Phi) is 5.36. The first-order chi connectivity index (χ1) is 12.7. The zero-order valence-corrected chi connectivity index (χ0v) is 15.6. The Morgan fingerprint density at radius 3 is 2.88 bits per heavy atom. The molecule has 0 aliphatic carbocycles. The van der Waals surface area contributed by atoms with E-state index in [0.29, 0.717) is 5.92 Å². The highest BCUT2D eigenvalue weighted by Gasteiger charge is 2.42. The molecule has 26 heavy (non-hydrogen) atoms. The molecule has 0 aromatic carbocycles. The van der Waals surface area contributed by atoms with Gasteiger partial charge in [0.25, 0.3) is 0 Å². The van der Waals surface area contributed by atoms with E-state index in [1.54, 1.807) is 0 Å². The first-order valence-electron chi connectivity index (χ1n) is 9.90. The fourth-order valence-corrected chi connectivity index (χ4v) is 4.33. The van der Waals surface area contributed by atoms with Crippen molar-refractivity contribution in [3.05, 3.63) is 17.8 Å². The highest BCUT2D eigenvalue weighted by Crippen LogP contribution is 2.34. The molecule has 4 heterocycles. The Bertz CT molecular complexity index is 617. The smallest absolute Gasteiger partial charge is 0.249 e. The van der Waals surface area contributed by atoms with Crippen LogP contribution in [0.1, 0.15) is 31.4 Å². The van der Waals surface area contributed by atoms with Crippen molar-refractivity contribution in [3.63, 3.8) is 0 Å². The Labute approximate surface area is 155 Å². The molecule has 4 rings (SSSR count). The maximum atomic E-state index is 12.5. The number of aromatic nitrogens is 2. The van der Waals surface area contributed by atoms with Gasteiger partial charge < -0.3 is 19.9 Å². The molecule has 0 unspecified atom stereocenters.